The van der Waals surface area contributed by atoms with Gasteiger partial charge in [-0.2, -0.15) is 0 Å². The predicted octanol–water partition coefficient (Wildman–Crippen LogP) is -4.21. The van der Waals surface area contributed by atoms with Gasteiger partial charge in [-0.1, -0.05) is 0 Å². The number of rotatable bonds is 4. The fraction of sp³-hybridized carbons (Fsp3) is 0.333. The molecule has 3 aromatic rings. The molecule has 3 aromatic heterocycles. The fourth-order valence-electron chi connectivity index (χ4n) is 1.96. The van der Waals surface area contributed by atoms with E-state index in [2.05, 4.69) is 15.2 Å². The summed E-state index contributed by atoms with van der Waals surface area (Å²) in [5.74, 6) is 1.48. The molecule has 0 fully saturated rings. The summed E-state index contributed by atoms with van der Waals surface area (Å²) in [6, 6.07) is 0. The standard InChI is InChI=1S/C12H16N7.ClH/c1-16-3-5-18(9-16)7-11-13-12(15-14-11)8-19-6-4-17(2)10-19;/h3-6,9-10H,7-8H2,1-2H3;1H/q+1;/p-1. The van der Waals surface area contributed by atoms with Crippen LogP contribution in [-0.2, 0) is 27.2 Å². The second kappa shape index (κ2) is 5.87. The molecule has 0 saturated carbocycles. The molecule has 3 heterocycles. The van der Waals surface area contributed by atoms with Gasteiger partial charge in [0.25, 0.3) is 0 Å². The predicted molar refractivity (Wildman–Crippen MR) is 64.8 cm³/mol. The van der Waals surface area contributed by atoms with E-state index in [9.17, 15) is 0 Å². The average Bonchev–Trinajstić information content (AvgIpc) is 3.05. The summed E-state index contributed by atoms with van der Waals surface area (Å²) in [5, 5.41) is 8.22. The highest BCUT2D eigenvalue weighted by Gasteiger charge is 2.04. The first-order valence-corrected chi connectivity index (χ1v) is 6.06. The van der Waals surface area contributed by atoms with Crippen LogP contribution in [0.1, 0.15) is 11.6 Å². The molecule has 0 spiro atoms. The molecule has 0 aromatic carbocycles. The highest BCUT2D eigenvalue weighted by molar-refractivity contribution is 4.92. The van der Waals surface area contributed by atoms with Gasteiger partial charge >= 0.3 is 0 Å². The van der Waals surface area contributed by atoms with Crippen LogP contribution >= 0.6 is 0 Å². The van der Waals surface area contributed by atoms with Crippen molar-refractivity contribution in [1.82, 2.24) is 24.3 Å². The molecule has 0 aliphatic carbocycles. The normalized spacial score (nSPS) is 10.5. The van der Waals surface area contributed by atoms with Crippen molar-refractivity contribution in [2.45, 2.75) is 13.1 Å². The molecule has 7 nitrogen and oxygen atoms in total. The highest BCUT2D eigenvalue weighted by atomic mass is 35.5. The smallest absolute Gasteiger partial charge is 0.243 e. The van der Waals surface area contributed by atoms with Crippen LogP contribution in [0.25, 0.3) is 0 Å². The van der Waals surface area contributed by atoms with Crippen molar-refractivity contribution in [2.24, 2.45) is 14.1 Å². The number of imidazole rings is 2. The summed E-state index contributed by atoms with van der Waals surface area (Å²) in [7, 11) is 3.97. The number of aromatic nitrogens is 7. The van der Waals surface area contributed by atoms with Gasteiger partial charge in [-0.05, 0) is 0 Å². The molecule has 0 aliphatic rings. The molecular formula is C12H16ClN7. The van der Waals surface area contributed by atoms with E-state index in [1.807, 2.05) is 69.8 Å². The van der Waals surface area contributed by atoms with Crippen molar-refractivity contribution in [1.29, 1.82) is 0 Å². The van der Waals surface area contributed by atoms with E-state index in [4.69, 9.17) is 0 Å². The van der Waals surface area contributed by atoms with Crippen LogP contribution in [0.2, 0.25) is 0 Å². The lowest BCUT2D eigenvalue weighted by molar-refractivity contribution is -0.671. The molecule has 0 amide bonds. The number of hydrogen-bond acceptors (Lipinski definition) is 2. The lowest BCUT2D eigenvalue weighted by Gasteiger charge is -1.97. The number of aryl methyl sites for hydroxylation is 2. The van der Waals surface area contributed by atoms with Crippen LogP contribution in [0, 0.1) is 0 Å². The summed E-state index contributed by atoms with van der Waals surface area (Å²) >= 11 is 0. The Labute approximate surface area is 122 Å². The largest absolute Gasteiger partial charge is 1.00 e. The van der Waals surface area contributed by atoms with Gasteiger partial charge in [-0.15, -0.1) is 0 Å². The van der Waals surface area contributed by atoms with E-state index in [1.54, 1.807) is 0 Å². The fourth-order valence-corrected chi connectivity index (χ4v) is 1.96. The van der Waals surface area contributed by atoms with E-state index in [1.165, 1.54) is 0 Å². The van der Waals surface area contributed by atoms with Gasteiger partial charge in [0.2, 0.25) is 12.7 Å². The molecule has 0 aliphatic heterocycles. The van der Waals surface area contributed by atoms with Crippen LogP contribution in [0.3, 0.4) is 0 Å². The Balaban J connectivity index is 0.00000147. The second-order valence-corrected chi connectivity index (χ2v) is 4.65. The first-order valence-electron chi connectivity index (χ1n) is 6.06. The molecule has 8 heteroatoms. The summed E-state index contributed by atoms with van der Waals surface area (Å²) in [4.78, 5) is 4.44. The molecule has 0 atom stereocenters. The lowest BCUT2D eigenvalue weighted by Crippen LogP contribution is -3.00. The third kappa shape index (κ3) is 3.24. The monoisotopic (exact) mass is 293 g/mol. The minimum atomic E-state index is 0. The van der Waals surface area contributed by atoms with Crippen LogP contribution in [0.4, 0.5) is 0 Å². The maximum atomic E-state index is 4.44. The molecule has 106 valence electrons. The first-order chi connectivity index (χ1) is 9.19. The van der Waals surface area contributed by atoms with Crippen LogP contribution < -0.4 is 26.5 Å². The van der Waals surface area contributed by atoms with Gasteiger partial charge in [0.1, 0.15) is 37.9 Å². The molecule has 0 unspecified atom stereocenters. The summed E-state index contributed by atoms with van der Waals surface area (Å²) in [6.45, 7) is 1.29. The average molecular weight is 294 g/mol. The van der Waals surface area contributed by atoms with Crippen molar-refractivity contribution in [3.05, 3.63) is 49.1 Å². The maximum Gasteiger partial charge on any atom is 0.243 e. The number of hydrogen-bond donors (Lipinski definition) is 0. The highest BCUT2D eigenvalue weighted by Crippen LogP contribution is 1.97. The molecule has 0 radical (unpaired) electrons. The van der Waals surface area contributed by atoms with E-state index in [-0.39, 0.29) is 12.4 Å². The second-order valence-electron chi connectivity index (χ2n) is 4.65. The van der Waals surface area contributed by atoms with Crippen molar-refractivity contribution < 1.29 is 21.5 Å². The van der Waals surface area contributed by atoms with Crippen LogP contribution in [0.5, 0.6) is 0 Å². The van der Waals surface area contributed by atoms with Crippen molar-refractivity contribution in [3.8, 4) is 0 Å². The zero-order chi connectivity index (χ0) is 13.2. The van der Waals surface area contributed by atoms with Crippen molar-refractivity contribution in [2.75, 3.05) is 0 Å². The van der Waals surface area contributed by atoms with E-state index >= 15 is 0 Å². The van der Waals surface area contributed by atoms with Gasteiger partial charge in [-0.25, -0.2) is 18.3 Å². The minimum Gasteiger partial charge on any atom is -1.00 e. The summed E-state index contributed by atoms with van der Waals surface area (Å²) in [5.41, 5.74) is 0. The van der Waals surface area contributed by atoms with E-state index in [0.717, 1.165) is 11.6 Å². The van der Waals surface area contributed by atoms with Gasteiger partial charge in [0.15, 0.2) is 0 Å². The van der Waals surface area contributed by atoms with Crippen molar-refractivity contribution in [3.63, 3.8) is 0 Å². The molecule has 0 N–H and O–H groups in total. The molecule has 0 bridgehead atoms. The Kier molecular flexibility index (Phi) is 4.19. The summed E-state index contributed by atoms with van der Waals surface area (Å²) in [6.07, 6.45) is 11.9. The Morgan fingerprint density at radius 2 is 1.40 bits per heavy atom. The Hall–Kier alpha value is -2.15. The lowest BCUT2D eigenvalue weighted by atomic mass is 10.5. The van der Waals surface area contributed by atoms with Gasteiger partial charge in [-0.3, -0.25) is 0 Å². The Morgan fingerprint density at radius 1 is 0.950 bits per heavy atom. The zero-order valence-corrected chi connectivity index (χ0v) is 12.1. The minimum absolute atomic E-state index is 0. The van der Waals surface area contributed by atoms with E-state index in [0.29, 0.717) is 13.1 Å². The number of halogens is 1. The molecule has 0 saturated heterocycles. The molecule has 20 heavy (non-hydrogen) atoms. The van der Waals surface area contributed by atoms with Crippen LogP contribution in [0.15, 0.2) is 37.4 Å². The SMILES string of the molecule is C[n+]1ccn(Cc2nnc(Cn3cc[n+](C)c3)[n-]2)c1.[Cl-]. The Bertz CT molecular complexity index is 625. The molecular weight excluding hydrogens is 278 g/mol. The van der Waals surface area contributed by atoms with Crippen molar-refractivity contribution >= 4 is 0 Å². The first kappa shape index (κ1) is 14.3. The van der Waals surface area contributed by atoms with Gasteiger partial charge in [0.05, 0.1) is 14.1 Å². The van der Waals surface area contributed by atoms with Gasteiger partial charge in [0, 0.05) is 11.6 Å². The van der Waals surface area contributed by atoms with Crippen LogP contribution in [-0.4, -0.2) is 19.3 Å². The quantitative estimate of drug-likeness (QED) is 0.458. The zero-order valence-electron chi connectivity index (χ0n) is 11.4. The summed E-state index contributed by atoms with van der Waals surface area (Å²) < 4.78 is 8.01. The number of nitrogens with zero attached hydrogens (tertiary/aromatic N) is 7. The third-order valence-electron chi connectivity index (χ3n) is 2.83. The van der Waals surface area contributed by atoms with Gasteiger partial charge < -0.3 is 27.6 Å². The Morgan fingerprint density at radius 3 is 1.75 bits per heavy atom. The maximum absolute atomic E-state index is 4.44. The van der Waals surface area contributed by atoms with E-state index < -0.39 is 0 Å². The topological polar surface area (TPSA) is 57.5 Å². The molecule has 3 rings (SSSR count). The third-order valence-corrected chi connectivity index (χ3v) is 2.83.